The maximum absolute atomic E-state index is 2.36. The third-order valence-electron chi connectivity index (χ3n) is 10.1. The molecule has 1 nitrogen and oxygen atoms in total. The van der Waals surface area contributed by atoms with E-state index < -0.39 is 0 Å². The van der Waals surface area contributed by atoms with Gasteiger partial charge in [0.1, 0.15) is 0 Å². The highest BCUT2D eigenvalue weighted by atomic mass is 15.1. The van der Waals surface area contributed by atoms with Gasteiger partial charge in [0.05, 0.1) is 0 Å². The predicted molar refractivity (Wildman–Crippen MR) is 244 cm³/mol. The molecule has 0 unspecified atom stereocenters. The minimum atomic E-state index is 1.13. The van der Waals surface area contributed by atoms with Crippen LogP contribution in [0.4, 0.5) is 17.1 Å². The summed E-state index contributed by atoms with van der Waals surface area (Å²) in [5.74, 6) is 0. The summed E-state index contributed by atoms with van der Waals surface area (Å²) in [5.41, 5.74) is 14.9. The third kappa shape index (κ3) is 8.81. The Bertz CT molecular complexity index is 2550. The molecule has 0 bridgehead atoms. The Morgan fingerprint density at radius 3 is 0.911 bits per heavy atom. The first-order valence-corrected chi connectivity index (χ1v) is 19.4. The summed E-state index contributed by atoms with van der Waals surface area (Å²) < 4.78 is 0. The molecule has 0 saturated carbocycles. The molecule has 0 aliphatic rings. The van der Waals surface area contributed by atoms with Crippen molar-refractivity contribution in [1.82, 2.24) is 0 Å². The van der Waals surface area contributed by atoms with Gasteiger partial charge < -0.3 is 4.90 Å². The number of fused-ring (bicyclic) bond motifs is 2. The second kappa shape index (κ2) is 17.6. The molecule has 1 heteroatoms. The molecular formula is C55H49N. The van der Waals surface area contributed by atoms with Crippen LogP contribution in [0.2, 0.25) is 0 Å². The summed E-state index contributed by atoms with van der Waals surface area (Å²) in [5, 5.41) is 5.16. The van der Waals surface area contributed by atoms with Gasteiger partial charge >= 0.3 is 0 Å². The molecular weight excluding hydrogens is 675 g/mol. The van der Waals surface area contributed by atoms with Gasteiger partial charge in [-0.25, -0.2) is 0 Å². The van der Waals surface area contributed by atoms with Gasteiger partial charge in [-0.3, -0.25) is 0 Å². The first-order chi connectivity index (χ1) is 27.4. The summed E-state index contributed by atoms with van der Waals surface area (Å²) in [4.78, 5) is 2.31. The Morgan fingerprint density at radius 1 is 0.250 bits per heavy atom. The van der Waals surface area contributed by atoms with Gasteiger partial charge in [-0.15, -0.1) is 0 Å². The van der Waals surface area contributed by atoms with Crippen molar-refractivity contribution in [2.45, 2.75) is 34.6 Å². The second-order valence-corrected chi connectivity index (χ2v) is 14.6. The molecule has 0 N–H and O–H groups in total. The van der Waals surface area contributed by atoms with E-state index in [9.17, 15) is 0 Å². The summed E-state index contributed by atoms with van der Waals surface area (Å²) >= 11 is 0. The lowest BCUT2D eigenvalue weighted by atomic mass is 9.84. The zero-order chi connectivity index (χ0) is 38.9. The van der Waals surface area contributed by atoms with Crippen LogP contribution in [0.1, 0.15) is 27.8 Å². The molecule has 0 aliphatic carbocycles. The maximum Gasteiger partial charge on any atom is 0.0462 e. The van der Waals surface area contributed by atoms with Crippen LogP contribution >= 0.6 is 0 Å². The zero-order valence-corrected chi connectivity index (χ0v) is 33.1. The van der Waals surface area contributed by atoms with Crippen LogP contribution in [0.25, 0.3) is 43.8 Å². The number of para-hydroxylation sites is 2. The van der Waals surface area contributed by atoms with Crippen LogP contribution in [-0.2, 0) is 0 Å². The Balaban J connectivity index is 0.000000288. The molecule has 9 aromatic rings. The van der Waals surface area contributed by atoms with Gasteiger partial charge in [0.25, 0.3) is 0 Å². The quantitative estimate of drug-likeness (QED) is 0.160. The van der Waals surface area contributed by atoms with Crippen molar-refractivity contribution in [3.05, 3.63) is 234 Å². The van der Waals surface area contributed by atoms with E-state index in [1.165, 1.54) is 71.6 Å². The fraction of sp³-hybridized carbons (Fsp3) is 0.0909. The molecule has 0 atom stereocenters. The van der Waals surface area contributed by atoms with Crippen molar-refractivity contribution in [2.24, 2.45) is 0 Å². The molecule has 0 fully saturated rings. The Labute approximate surface area is 333 Å². The number of hydrogen-bond donors (Lipinski definition) is 0. The van der Waals surface area contributed by atoms with E-state index in [1.54, 1.807) is 0 Å². The van der Waals surface area contributed by atoms with Gasteiger partial charge in [-0.1, -0.05) is 198 Å². The normalized spacial score (nSPS) is 10.6. The van der Waals surface area contributed by atoms with Crippen LogP contribution in [0.15, 0.2) is 206 Å². The van der Waals surface area contributed by atoms with E-state index in [2.05, 4.69) is 209 Å². The number of nitrogens with zero attached hydrogens (tertiary/aromatic N) is 1. The van der Waals surface area contributed by atoms with E-state index in [0.29, 0.717) is 0 Å². The standard InChI is InChI=1S/C41H33N.2C7H8/c1-28-14-18-31(19-15-28)40-36-24-16-30(3)27-39(36)41(37-25-17-29(2)26-38(37)40)32-20-22-35(23-21-32)42(33-10-6-4-7-11-33)34-12-8-5-9-13-34;2*1-7-5-3-2-4-6-7/h4-27H,1-3H3;2*2-6H,1H3. The SMILES string of the molecule is Cc1ccc(-c2c3ccc(C)cc3c(-c3ccc(N(c4ccccc4)c4ccccc4)cc3)c3ccc(C)cc23)cc1.Cc1ccccc1.Cc1ccccc1. The summed E-state index contributed by atoms with van der Waals surface area (Å²) in [7, 11) is 0. The van der Waals surface area contributed by atoms with E-state index in [4.69, 9.17) is 0 Å². The maximum atomic E-state index is 2.36. The highest BCUT2D eigenvalue weighted by Gasteiger charge is 2.18. The molecule has 9 aromatic carbocycles. The average Bonchev–Trinajstić information content (AvgIpc) is 3.23. The lowest BCUT2D eigenvalue weighted by molar-refractivity contribution is 1.28. The van der Waals surface area contributed by atoms with Gasteiger partial charge in [0.2, 0.25) is 0 Å². The van der Waals surface area contributed by atoms with Crippen LogP contribution in [0, 0.1) is 34.6 Å². The lowest BCUT2D eigenvalue weighted by Gasteiger charge is -2.26. The molecule has 0 radical (unpaired) electrons. The largest absolute Gasteiger partial charge is 0.311 e. The van der Waals surface area contributed by atoms with Crippen LogP contribution in [0.5, 0.6) is 0 Å². The minimum Gasteiger partial charge on any atom is -0.311 e. The monoisotopic (exact) mass is 723 g/mol. The van der Waals surface area contributed by atoms with Crippen molar-refractivity contribution in [3.63, 3.8) is 0 Å². The van der Waals surface area contributed by atoms with Crippen molar-refractivity contribution >= 4 is 38.6 Å². The van der Waals surface area contributed by atoms with Crippen LogP contribution < -0.4 is 4.90 Å². The Kier molecular flexibility index (Phi) is 11.8. The molecule has 0 heterocycles. The van der Waals surface area contributed by atoms with E-state index in [0.717, 1.165) is 17.1 Å². The molecule has 56 heavy (non-hydrogen) atoms. The summed E-state index contributed by atoms with van der Waals surface area (Å²) in [6, 6.07) is 73.6. The molecule has 0 aliphatic heterocycles. The molecule has 0 spiro atoms. The van der Waals surface area contributed by atoms with Crippen LogP contribution in [0.3, 0.4) is 0 Å². The smallest absolute Gasteiger partial charge is 0.0462 e. The van der Waals surface area contributed by atoms with Crippen molar-refractivity contribution in [2.75, 3.05) is 4.90 Å². The molecule has 274 valence electrons. The third-order valence-corrected chi connectivity index (χ3v) is 10.1. The molecule has 0 saturated heterocycles. The fourth-order valence-corrected chi connectivity index (χ4v) is 7.25. The number of benzene rings is 9. The molecule has 0 amide bonds. The number of anilines is 3. The van der Waals surface area contributed by atoms with Crippen molar-refractivity contribution in [1.29, 1.82) is 0 Å². The predicted octanol–water partition coefficient (Wildman–Crippen LogP) is 15.7. The van der Waals surface area contributed by atoms with Gasteiger partial charge in [0, 0.05) is 17.1 Å². The van der Waals surface area contributed by atoms with Crippen molar-refractivity contribution in [3.8, 4) is 22.3 Å². The minimum absolute atomic E-state index is 1.13. The van der Waals surface area contributed by atoms with E-state index >= 15 is 0 Å². The number of rotatable bonds is 5. The molecule has 0 aromatic heterocycles. The van der Waals surface area contributed by atoms with Gasteiger partial charge in [-0.2, -0.15) is 0 Å². The highest BCUT2D eigenvalue weighted by Crippen LogP contribution is 2.45. The second-order valence-electron chi connectivity index (χ2n) is 14.6. The highest BCUT2D eigenvalue weighted by molar-refractivity contribution is 6.21. The first-order valence-electron chi connectivity index (χ1n) is 19.4. The summed E-state index contributed by atoms with van der Waals surface area (Å²) in [6.07, 6.45) is 0. The summed E-state index contributed by atoms with van der Waals surface area (Å²) in [6.45, 7) is 10.7. The van der Waals surface area contributed by atoms with Crippen LogP contribution in [-0.4, -0.2) is 0 Å². The first kappa shape index (κ1) is 37.6. The topological polar surface area (TPSA) is 3.24 Å². The van der Waals surface area contributed by atoms with Gasteiger partial charge in [0.15, 0.2) is 0 Å². The van der Waals surface area contributed by atoms with E-state index in [-0.39, 0.29) is 0 Å². The van der Waals surface area contributed by atoms with E-state index in [1.807, 2.05) is 36.4 Å². The average molecular weight is 724 g/mol. The number of aryl methyl sites for hydroxylation is 5. The number of hydrogen-bond acceptors (Lipinski definition) is 1. The zero-order valence-electron chi connectivity index (χ0n) is 33.1. The fourth-order valence-electron chi connectivity index (χ4n) is 7.25. The van der Waals surface area contributed by atoms with Crippen molar-refractivity contribution < 1.29 is 0 Å². The lowest BCUT2D eigenvalue weighted by Crippen LogP contribution is -2.09. The Morgan fingerprint density at radius 2 is 0.554 bits per heavy atom. The Hall–Kier alpha value is -6.70. The molecule has 9 rings (SSSR count). The van der Waals surface area contributed by atoms with Gasteiger partial charge in [-0.05, 0) is 115 Å².